The van der Waals surface area contributed by atoms with Crippen LogP contribution in [0.3, 0.4) is 0 Å². The third-order valence-electron chi connectivity index (χ3n) is 4.11. The highest BCUT2D eigenvalue weighted by atomic mass is 16.5. The Morgan fingerprint density at radius 1 is 0.933 bits per heavy atom. The molecular formula is C23H19N3O4. The fourth-order valence-electron chi connectivity index (χ4n) is 2.72. The van der Waals surface area contributed by atoms with Gasteiger partial charge in [-0.05, 0) is 48.5 Å². The van der Waals surface area contributed by atoms with E-state index in [1.807, 2.05) is 54.6 Å². The molecule has 0 spiro atoms. The summed E-state index contributed by atoms with van der Waals surface area (Å²) in [6.45, 7) is 1.61. The monoisotopic (exact) mass is 401 g/mol. The molecule has 3 aromatic carbocycles. The number of aromatic nitrogens is 2. The van der Waals surface area contributed by atoms with Crippen LogP contribution in [0.25, 0.3) is 11.4 Å². The van der Waals surface area contributed by atoms with Crippen molar-refractivity contribution in [2.45, 2.75) is 6.92 Å². The zero-order valence-corrected chi connectivity index (χ0v) is 16.2. The molecule has 0 radical (unpaired) electrons. The van der Waals surface area contributed by atoms with E-state index in [0.717, 1.165) is 11.3 Å². The number of hydrogen-bond donors (Lipinski definition) is 1. The number of carbonyl (C=O) groups is 1. The van der Waals surface area contributed by atoms with E-state index in [4.69, 9.17) is 14.0 Å². The number of para-hydroxylation sites is 1. The first-order valence-corrected chi connectivity index (χ1v) is 9.32. The van der Waals surface area contributed by atoms with Crippen LogP contribution in [-0.4, -0.2) is 22.7 Å². The third kappa shape index (κ3) is 5.02. The second kappa shape index (κ2) is 8.91. The van der Waals surface area contributed by atoms with E-state index in [2.05, 4.69) is 15.5 Å². The molecule has 1 N–H and O–H groups in total. The first-order valence-electron chi connectivity index (χ1n) is 9.32. The molecule has 0 saturated carbocycles. The minimum atomic E-state index is -0.273. The molecule has 7 nitrogen and oxygen atoms in total. The molecule has 0 saturated heterocycles. The molecule has 0 unspecified atom stereocenters. The lowest BCUT2D eigenvalue weighted by Crippen LogP contribution is -2.20. The topological polar surface area (TPSA) is 86.5 Å². The summed E-state index contributed by atoms with van der Waals surface area (Å²) in [5.74, 6) is 2.66. The van der Waals surface area contributed by atoms with Gasteiger partial charge in [0.05, 0.1) is 0 Å². The van der Waals surface area contributed by atoms with Gasteiger partial charge in [0.15, 0.2) is 6.61 Å². The van der Waals surface area contributed by atoms with Gasteiger partial charge < -0.3 is 19.3 Å². The average Bonchev–Trinajstić information content (AvgIpc) is 3.20. The van der Waals surface area contributed by atoms with Gasteiger partial charge in [-0.3, -0.25) is 4.79 Å². The first kappa shape index (κ1) is 19.2. The molecule has 4 aromatic rings. The largest absolute Gasteiger partial charge is 0.484 e. The number of hydrogen-bond acceptors (Lipinski definition) is 6. The summed E-state index contributed by atoms with van der Waals surface area (Å²) < 4.78 is 16.3. The molecule has 0 fully saturated rings. The Hall–Kier alpha value is -4.13. The van der Waals surface area contributed by atoms with Crippen molar-refractivity contribution in [1.82, 2.24) is 10.1 Å². The van der Waals surface area contributed by atoms with E-state index in [0.29, 0.717) is 28.9 Å². The third-order valence-corrected chi connectivity index (χ3v) is 4.11. The summed E-state index contributed by atoms with van der Waals surface area (Å²) in [6, 6.07) is 23.7. The van der Waals surface area contributed by atoms with Crippen LogP contribution < -0.4 is 14.8 Å². The molecule has 4 rings (SSSR count). The van der Waals surface area contributed by atoms with Gasteiger partial charge in [-0.15, -0.1) is 0 Å². The van der Waals surface area contributed by atoms with E-state index in [1.54, 1.807) is 31.2 Å². The summed E-state index contributed by atoms with van der Waals surface area (Å²) >= 11 is 0. The SMILES string of the molecule is Cc1nc(-c2ccc(OCC(=O)Nc3cccc(Oc4ccccc4)c3)cc2)no1. The van der Waals surface area contributed by atoms with E-state index >= 15 is 0 Å². The molecule has 0 aliphatic rings. The normalized spacial score (nSPS) is 10.4. The molecule has 0 aliphatic heterocycles. The summed E-state index contributed by atoms with van der Waals surface area (Å²) in [4.78, 5) is 16.4. The van der Waals surface area contributed by atoms with Crippen LogP contribution in [0.1, 0.15) is 5.89 Å². The number of nitrogens with one attached hydrogen (secondary N) is 1. The maximum atomic E-state index is 12.2. The van der Waals surface area contributed by atoms with Crippen molar-refractivity contribution in [3.63, 3.8) is 0 Å². The number of amides is 1. The van der Waals surface area contributed by atoms with E-state index in [9.17, 15) is 4.79 Å². The maximum Gasteiger partial charge on any atom is 0.262 e. The number of anilines is 1. The zero-order chi connectivity index (χ0) is 20.8. The van der Waals surface area contributed by atoms with E-state index < -0.39 is 0 Å². The predicted molar refractivity (Wildman–Crippen MR) is 112 cm³/mol. The molecule has 0 bridgehead atoms. The smallest absolute Gasteiger partial charge is 0.262 e. The molecule has 0 aliphatic carbocycles. The fraction of sp³-hybridized carbons (Fsp3) is 0.0870. The number of rotatable bonds is 7. The van der Waals surface area contributed by atoms with Gasteiger partial charge in [-0.1, -0.05) is 29.4 Å². The van der Waals surface area contributed by atoms with Gasteiger partial charge in [0.2, 0.25) is 11.7 Å². The van der Waals surface area contributed by atoms with Crippen LogP contribution in [0.2, 0.25) is 0 Å². The first-order chi connectivity index (χ1) is 14.7. The van der Waals surface area contributed by atoms with Crippen LogP contribution >= 0.6 is 0 Å². The van der Waals surface area contributed by atoms with Crippen molar-refractivity contribution in [3.8, 4) is 28.6 Å². The molecule has 1 aromatic heterocycles. The number of benzene rings is 3. The molecular weight excluding hydrogens is 382 g/mol. The lowest BCUT2D eigenvalue weighted by molar-refractivity contribution is -0.118. The maximum absolute atomic E-state index is 12.2. The van der Waals surface area contributed by atoms with Crippen LogP contribution in [0.15, 0.2) is 83.4 Å². The van der Waals surface area contributed by atoms with Crippen LogP contribution in [0.4, 0.5) is 5.69 Å². The van der Waals surface area contributed by atoms with Gasteiger partial charge in [0, 0.05) is 24.2 Å². The lowest BCUT2D eigenvalue weighted by atomic mass is 10.2. The van der Waals surface area contributed by atoms with Gasteiger partial charge in [0.1, 0.15) is 17.2 Å². The lowest BCUT2D eigenvalue weighted by Gasteiger charge is -2.10. The Labute approximate surface area is 173 Å². The van der Waals surface area contributed by atoms with Crippen LogP contribution in [0, 0.1) is 6.92 Å². The highest BCUT2D eigenvalue weighted by Gasteiger charge is 2.08. The van der Waals surface area contributed by atoms with Gasteiger partial charge in [-0.2, -0.15) is 4.98 Å². The Kier molecular flexibility index (Phi) is 5.70. The van der Waals surface area contributed by atoms with Crippen LogP contribution in [-0.2, 0) is 4.79 Å². The molecule has 7 heteroatoms. The molecule has 0 atom stereocenters. The van der Waals surface area contributed by atoms with Crippen molar-refractivity contribution in [3.05, 3.63) is 84.8 Å². The summed E-state index contributed by atoms with van der Waals surface area (Å²) in [5.41, 5.74) is 1.43. The Balaban J connectivity index is 1.31. The minimum absolute atomic E-state index is 0.121. The van der Waals surface area contributed by atoms with Gasteiger partial charge in [0.25, 0.3) is 5.91 Å². The van der Waals surface area contributed by atoms with E-state index in [1.165, 1.54) is 0 Å². The van der Waals surface area contributed by atoms with Crippen LogP contribution in [0.5, 0.6) is 17.2 Å². The highest BCUT2D eigenvalue weighted by Crippen LogP contribution is 2.24. The minimum Gasteiger partial charge on any atom is -0.484 e. The van der Waals surface area contributed by atoms with Gasteiger partial charge in [-0.25, -0.2) is 0 Å². The number of ether oxygens (including phenoxy) is 2. The summed E-state index contributed by atoms with van der Waals surface area (Å²) in [5, 5.41) is 6.67. The Bertz CT molecular complexity index is 1120. The van der Waals surface area contributed by atoms with E-state index in [-0.39, 0.29) is 12.5 Å². The standard InChI is InChI=1S/C23H19N3O4/c1-16-24-23(26-30-16)17-10-12-19(13-11-17)28-15-22(27)25-18-6-5-9-21(14-18)29-20-7-3-2-4-8-20/h2-14H,15H2,1H3,(H,25,27). The van der Waals surface area contributed by atoms with Crippen molar-refractivity contribution in [2.75, 3.05) is 11.9 Å². The molecule has 150 valence electrons. The summed E-state index contributed by atoms with van der Waals surface area (Å²) in [6.07, 6.45) is 0. The van der Waals surface area contributed by atoms with Crippen molar-refractivity contribution in [1.29, 1.82) is 0 Å². The Morgan fingerprint density at radius 2 is 1.70 bits per heavy atom. The number of carbonyl (C=O) groups excluding carboxylic acids is 1. The van der Waals surface area contributed by atoms with Crippen molar-refractivity contribution in [2.24, 2.45) is 0 Å². The van der Waals surface area contributed by atoms with Crippen molar-refractivity contribution >= 4 is 11.6 Å². The molecule has 1 amide bonds. The fourth-order valence-corrected chi connectivity index (χ4v) is 2.72. The predicted octanol–water partition coefficient (Wildman–Crippen LogP) is 4.85. The highest BCUT2D eigenvalue weighted by molar-refractivity contribution is 5.92. The molecule has 1 heterocycles. The second-order valence-corrected chi connectivity index (χ2v) is 6.44. The quantitative estimate of drug-likeness (QED) is 0.476. The number of aryl methyl sites for hydroxylation is 1. The second-order valence-electron chi connectivity index (χ2n) is 6.44. The number of nitrogens with zero attached hydrogens (tertiary/aromatic N) is 2. The zero-order valence-electron chi connectivity index (χ0n) is 16.2. The van der Waals surface area contributed by atoms with Crippen molar-refractivity contribution < 1.29 is 18.8 Å². The molecule has 30 heavy (non-hydrogen) atoms. The van der Waals surface area contributed by atoms with Gasteiger partial charge >= 0.3 is 0 Å². The average molecular weight is 401 g/mol. The Morgan fingerprint density at radius 3 is 2.43 bits per heavy atom. The summed E-state index contributed by atoms with van der Waals surface area (Å²) in [7, 11) is 0.